The molecule has 33 heavy (non-hydrogen) atoms. The summed E-state index contributed by atoms with van der Waals surface area (Å²) in [6, 6.07) is 10.6. The molecule has 2 aromatic rings. The Bertz CT molecular complexity index is 1260. The predicted molar refractivity (Wildman–Crippen MR) is 123 cm³/mol. The van der Waals surface area contributed by atoms with Crippen molar-refractivity contribution in [1.82, 2.24) is 15.6 Å². The van der Waals surface area contributed by atoms with Gasteiger partial charge in [-0.2, -0.15) is 0 Å². The van der Waals surface area contributed by atoms with Gasteiger partial charge in [-0.05, 0) is 0 Å². The second kappa shape index (κ2) is 8.14. The maximum absolute atomic E-state index is 12.7. The van der Waals surface area contributed by atoms with Gasteiger partial charge in [-0.1, -0.05) is 6.08 Å². The van der Waals surface area contributed by atoms with Crippen molar-refractivity contribution < 1.29 is 31.4 Å². The fraction of sp³-hybridized carbons (Fsp3) is 0.231. The molecule has 1 aromatic carbocycles. The summed E-state index contributed by atoms with van der Waals surface area (Å²) in [6.07, 6.45) is 12.6. The predicted octanol–water partition coefficient (Wildman–Crippen LogP) is 0.206. The zero-order valence-corrected chi connectivity index (χ0v) is 20.5. The average Bonchev–Trinajstić information content (AvgIpc) is 3.55. The molecule has 0 bridgehead atoms. The number of carbonyl (C=O) groups excluding carboxylic acids is 1. The number of pyridine rings is 1. The number of ether oxygens (including phenoxy) is 1. The molecule has 1 fully saturated rings. The number of carbonyl (C=O) groups is 1. The van der Waals surface area contributed by atoms with E-state index in [0.29, 0.717) is 23.3 Å². The first kappa shape index (κ1) is 20.7. The number of hydrogen-bond donors (Lipinski definition) is 2. The van der Waals surface area contributed by atoms with E-state index in [-0.39, 0.29) is 11.9 Å². The van der Waals surface area contributed by atoms with Crippen molar-refractivity contribution in [1.29, 1.82) is 0 Å². The average molecular weight is 554 g/mol. The number of aryl methyl sites for hydroxylation is 1. The van der Waals surface area contributed by atoms with Crippen LogP contribution in [-0.2, 0) is 14.3 Å². The molecule has 2 atom stereocenters. The normalized spacial score (nSPS) is 25.7. The van der Waals surface area contributed by atoms with Crippen molar-refractivity contribution >= 4 is 5.91 Å². The van der Waals surface area contributed by atoms with Crippen molar-refractivity contribution in [2.24, 2.45) is 0 Å². The van der Waals surface area contributed by atoms with Crippen LogP contribution in [0.5, 0.6) is 5.75 Å². The molecule has 170 valence electrons. The minimum atomic E-state index is -2.38. The van der Waals surface area contributed by atoms with Gasteiger partial charge in [0.05, 0.1) is 0 Å². The molecule has 6 rings (SSSR count). The number of halogens is 1. The van der Waals surface area contributed by atoms with Gasteiger partial charge in [0, 0.05) is 0 Å². The van der Waals surface area contributed by atoms with Crippen LogP contribution in [0.25, 0.3) is 11.3 Å². The number of hydrogen-bond acceptors (Lipinski definition) is 5. The molecule has 4 heterocycles. The Hall–Kier alpha value is -2.91. The maximum atomic E-state index is 12.7. The third kappa shape index (κ3) is 3.89. The number of allylic oxidation sites excluding steroid dienone is 4. The Morgan fingerprint density at radius 1 is 1.21 bits per heavy atom. The third-order valence-electron chi connectivity index (χ3n) is 6.15. The number of nitrogens with zero attached hydrogens (tertiary/aromatic N) is 1. The number of alkyl halides is 2. The molecule has 1 aliphatic carbocycles. The van der Waals surface area contributed by atoms with Crippen LogP contribution in [0.2, 0.25) is 0 Å². The SMILES string of the molecule is Cc1ccc(-c2nc(CCNC(=O)C3=CC=C4C=CC=CC4N3)cc3c2OC[I-]32CO2)cc1. The van der Waals surface area contributed by atoms with Crippen molar-refractivity contribution in [3.8, 4) is 17.0 Å². The molecule has 0 saturated carbocycles. The first-order chi connectivity index (χ1) is 16.1. The molecule has 2 unspecified atom stereocenters. The van der Waals surface area contributed by atoms with Crippen molar-refractivity contribution in [2.75, 3.05) is 15.8 Å². The molecule has 1 saturated heterocycles. The van der Waals surface area contributed by atoms with Gasteiger partial charge in [0.25, 0.3) is 0 Å². The van der Waals surface area contributed by atoms with Gasteiger partial charge in [-0.25, -0.2) is 0 Å². The van der Waals surface area contributed by atoms with E-state index in [1.165, 1.54) is 9.13 Å². The standard InChI is InChI=1S/C26H25IN3O3/c1-17-6-8-19(9-7-17)24-25-21(27(15-32-25)16-33-27)14-20(29-24)12-13-28-26(31)23-11-10-18-4-2-3-5-22(18)30-23/h2-11,14,22,30H,12-13,15-16H2,1H3,(H,28,31)/q-1. The topological polar surface area (TPSA) is 75.8 Å². The van der Waals surface area contributed by atoms with Crippen molar-refractivity contribution in [2.45, 2.75) is 19.4 Å². The fourth-order valence-electron chi connectivity index (χ4n) is 4.19. The summed E-state index contributed by atoms with van der Waals surface area (Å²) < 4.78 is 14.9. The zero-order chi connectivity index (χ0) is 22.4. The van der Waals surface area contributed by atoms with E-state index in [0.717, 1.165) is 32.9 Å². The summed E-state index contributed by atoms with van der Waals surface area (Å²) in [5.41, 5.74) is 5.85. The van der Waals surface area contributed by atoms with Crippen LogP contribution in [0, 0.1) is 10.5 Å². The van der Waals surface area contributed by atoms with Gasteiger partial charge in [0.1, 0.15) is 0 Å². The van der Waals surface area contributed by atoms with E-state index in [4.69, 9.17) is 12.8 Å². The number of fused-ring (bicyclic) bond motifs is 3. The van der Waals surface area contributed by atoms with Gasteiger partial charge in [-0.15, -0.1) is 0 Å². The Morgan fingerprint density at radius 2 is 2.06 bits per heavy atom. The van der Waals surface area contributed by atoms with E-state index in [9.17, 15) is 4.79 Å². The summed E-state index contributed by atoms with van der Waals surface area (Å²) in [7, 11) is 0. The van der Waals surface area contributed by atoms with Gasteiger partial charge < -0.3 is 0 Å². The second-order valence-electron chi connectivity index (χ2n) is 8.48. The van der Waals surface area contributed by atoms with Crippen LogP contribution in [0.1, 0.15) is 11.3 Å². The van der Waals surface area contributed by atoms with Crippen molar-refractivity contribution in [3.63, 3.8) is 0 Å². The van der Waals surface area contributed by atoms with Crippen LogP contribution in [0.4, 0.5) is 0 Å². The Labute approximate surface area is 197 Å². The van der Waals surface area contributed by atoms with E-state index < -0.39 is 18.8 Å². The Kier molecular flexibility index (Phi) is 5.10. The number of amides is 1. The summed E-state index contributed by atoms with van der Waals surface area (Å²) >= 11 is -2.38. The summed E-state index contributed by atoms with van der Waals surface area (Å²) in [6.45, 7) is 2.59. The molecule has 1 amide bonds. The number of benzene rings is 1. The summed E-state index contributed by atoms with van der Waals surface area (Å²) in [5, 5.41) is 6.33. The number of aromatic nitrogens is 1. The van der Waals surface area contributed by atoms with Crippen LogP contribution in [-0.4, -0.2) is 32.7 Å². The number of dihydropyridines is 1. The van der Waals surface area contributed by atoms with Gasteiger partial charge in [0.2, 0.25) is 0 Å². The van der Waals surface area contributed by atoms with Gasteiger partial charge in [-0.3, -0.25) is 0 Å². The first-order valence-corrected chi connectivity index (χ1v) is 16.0. The van der Waals surface area contributed by atoms with Crippen LogP contribution >= 0.6 is 0 Å². The second-order valence-corrected chi connectivity index (χ2v) is 15.8. The molecule has 3 aliphatic heterocycles. The zero-order valence-electron chi connectivity index (χ0n) is 18.3. The van der Waals surface area contributed by atoms with E-state index >= 15 is 0 Å². The first-order valence-electron chi connectivity index (χ1n) is 11.0. The summed E-state index contributed by atoms with van der Waals surface area (Å²) in [5.74, 6) is 0.796. The molecular weight excluding hydrogens is 529 g/mol. The van der Waals surface area contributed by atoms with Crippen LogP contribution in [0.15, 0.2) is 78.1 Å². The van der Waals surface area contributed by atoms with E-state index in [1.54, 1.807) is 0 Å². The van der Waals surface area contributed by atoms with E-state index in [1.807, 2.05) is 24.3 Å². The van der Waals surface area contributed by atoms with Crippen LogP contribution < -0.4 is 34.2 Å². The quantitative estimate of drug-likeness (QED) is 0.314. The Balaban J connectivity index is 1.19. The van der Waals surface area contributed by atoms with Crippen LogP contribution in [0.3, 0.4) is 0 Å². The monoisotopic (exact) mass is 554 g/mol. The fourth-order valence-corrected chi connectivity index (χ4v) is 10.8. The number of nitrogens with one attached hydrogen (secondary N) is 2. The van der Waals surface area contributed by atoms with Gasteiger partial charge >= 0.3 is 192 Å². The van der Waals surface area contributed by atoms with E-state index in [2.05, 4.69) is 60.0 Å². The molecule has 7 heteroatoms. The Morgan fingerprint density at radius 3 is 2.88 bits per heavy atom. The molecule has 1 aromatic heterocycles. The number of rotatable bonds is 5. The van der Waals surface area contributed by atoms with Gasteiger partial charge in [0.15, 0.2) is 0 Å². The minimum absolute atomic E-state index is 0.0531. The van der Waals surface area contributed by atoms with Crippen molar-refractivity contribution in [3.05, 3.63) is 92.9 Å². The third-order valence-corrected chi connectivity index (χ3v) is 12.5. The molecule has 4 aliphatic rings. The summed E-state index contributed by atoms with van der Waals surface area (Å²) in [4.78, 5) is 17.7. The molecular formula is C26H25IN3O3-. The molecule has 0 radical (unpaired) electrons. The molecule has 6 nitrogen and oxygen atoms in total. The molecule has 2 N–H and O–H groups in total. The molecule has 1 spiro atoms.